The number of nitro benzene ring substituents is 1. The molecule has 0 aliphatic carbocycles. The third-order valence-electron chi connectivity index (χ3n) is 5.69. The monoisotopic (exact) mass is 454 g/mol. The normalized spacial score (nSPS) is 14.8. The lowest BCUT2D eigenvalue weighted by atomic mass is 9.82. The molecular weight excluding hydrogens is 436 g/mol. The number of rotatable bonds is 6. The van der Waals surface area contributed by atoms with Crippen molar-refractivity contribution < 1.29 is 14.5 Å². The zero-order chi connectivity index (χ0) is 23.7. The van der Waals surface area contributed by atoms with Gasteiger partial charge >= 0.3 is 6.03 Å². The predicted octanol–water partition coefficient (Wildman–Crippen LogP) is 3.17. The van der Waals surface area contributed by atoms with Crippen molar-refractivity contribution in [2.24, 2.45) is 0 Å². The van der Waals surface area contributed by atoms with Crippen molar-refractivity contribution in [3.05, 3.63) is 118 Å². The summed E-state index contributed by atoms with van der Waals surface area (Å²) in [6, 6.07) is 23.5. The molecule has 3 aromatic carbocycles. The number of hydrogen-bond donors (Lipinski definition) is 1. The van der Waals surface area contributed by atoms with Gasteiger partial charge in [-0.15, -0.1) is 5.10 Å². The van der Waals surface area contributed by atoms with Crippen molar-refractivity contribution in [3.63, 3.8) is 0 Å². The molecule has 0 atom stereocenters. The van der Waals surface area contributed by atoms with Crippen LogP contribution in [0.15, 0.2) is 91.1 Å². The standard InChI is InChI=1S/C24H18N6O4/c31-22-24(17-8-3-1-4-9-17,18-10-5-2-6-11-18)25-23(32)28(22)15-19-16-29(27-26-19)20-12-7-13-21(14-20)30(33)34/h1-14,16H,15H2,(H,25,32). The minimum absolute atomic E-state index is 0.0841. The molecule has 4 aromatic rings. The summed E-state index contributed by atoms with van der Waals surface area (Å²) >= 11 is 0. The topological polar surface area (TPSA) is 123 Å². The van der Waals surface area contributed by atoms with Crippen LogP contribution in [0.25, 0.3) is 5.69 Å². The van der Waals surface area contributed by atoms with E-state index in [1.54, 1.807) is 36.4 Å². The van der Waals surface area contributed by atoms with E-state index in [0.717, 1.165) is 4.90 Å². The second-order valence-corrected chi connectivity index (χ2v) is 7.73. The molecule has 5 rings (SSSR count). The van der Waals surface area contributed by atoms with E-state index in [0.29, 0.717) is 22.5 Å². The number of imide groups is 1. The molecule has 3 amide bonds. The molecule has 1 saturated heterocycles. The Hall–Kier alpha value is -4.86. The van der Waals surface area contributed by atoms with Crippen LogP contribution in [-0.4, -0.2) is 36.8 Å². The third kappa shape index (κ3) is 3.47. The van der Waals surface area contributed by atoms with Gasteiger partial charge in [0.05, 0.1) is 23.4 Å². The van der Waals surface area contributed by atoms with E-state index >= 15 is 0 Å². The molecule has 0 radical (unpaired) electrons. The van der Waals surface area contributed by atoms with Crippen molar-refractivity contribution in [1.29, 1.82) is 0 Å². The van der Waals surface area contributed by atoms with E-state index in [1.165, 1.54) is 23.0 Å². The zero-order valence-corrected chi connectivity index (χ0v) is 17.7. The van der Waals surface area contributed by atoms with Gasteiger partial charge in [-0.05, 0) is 17.2 Å². The first kappa shape index (κ1) is 21.0. The van der Waals surface area contributed by atoms with Crippen molar-refractivity contribution in [2.75, 3.05) is 0 Å². The lowest BCUT2D eigenvalue weighted by Crippen LogP contribution is -2.45. The van der Waals surface area contributed by atoms with Gasteiger partial charge in [0, 0.05) is 12.1 Å². The largest absolute Gasteiger partial charge is 0.325 e. The lowest BCUT2D eigenvalue weighted by Gasteiger charge is -2.27. The fourth-order valence-electron chi connectivity index (χ4n) is 4.06. The van der Waals surface area contributed by atoms with Crippen LogP contribution < -0.4 is 5.32 Å². The molecule has 1 aliphatic rings. The molecule has 0 spiro atoms. The molecule has 2 heterocycles. The summed E-state index contributed by atoms with van der Waals surface area (Å²) < 4.78 is 1.36. The van der Waals surface area contributed by atoms with E-state index in [-0.39, 0.29) is 12.2 Å². The second kappa shape index (κ2) is 8.24. The molecule has 1 N–H and O–H groups in total. The van der Waals surface area contributed by atoms with Gasteiger partial charge in [0.2, 0.25) is 0 Å². The van der Waals surface area contributed by atoms with Gasteiger partial charge < -0.3 is 5.32 Å². The first-order chi connectivity index (χ1) is 16.5. The predicted molar refractivity (Wildman–Crippen MR) is 121 cm³/mol. The summed E-state index contributed by atoms with van der Waals surface area (Å²) in [5, 5.41) is 22.0. The van der Waals surface area contributed by atoms with Crippen molar-refractivity contribution in [2.45, 2.75) is 12.1 Å². The smallest absolute Gasteiger partial charge is 0.315 e. The van der Waals surface area contributed by atoms with E-state index < -0.39 is 22.4 Å². The first-order valence-corrected chi connectivity index (χ1v) is 10.4. The van der Waals surface area contributed by atoms with Gasteiger partial charge in [0.25, 0.3) is 11.6 Å². The number of amides is 3. The second-order valence-electron chi connectivity index (χ2n) is 7.73. The number of urea groups is 1. The molecule has 10 heteroatoms. The Bertz CT molecular complexity index is 1350. The maximum Gasteiger partial charge on any atom is 0.325 e. The maximum atomic E-state index is 13.8. The van der Waals surface area contributed by atoms with Crippen molar-refractivity contribution in [1.82, 2.24) is 25.2 Å². The third-order valence-corrected chi connectivity index (χ3v) is 5.69. The van der Waals surface area contributed by atoms with Crippen LogP contribution in [-0.2, 0) is 16.9 Å². The van der Waals surface area contributed by atoms with Gasteiger partial charge in [0.1, 0.15) is 5.69 Å². The summed E-state index contributed by atoms with van der Waals surface area (Å²) in [6.45, 7) is -0.110. The number of nitrogens with zero attached hydrogens (tertiary/aromatic N) is 5. The van der Waals surface area contributed by atoms with Gasteiger partial charge in [-0.1, -0.05) is 71.9 Å². The van der Waals surface area contributed by atoms with Crippen LogP contribution >= 0.6 is 0 Å². The Balaban J connectivity index is 1.47. The summed E-state index contributed by atoms with van der Waals surface area (Å²) in [5.41, 5.74) is 0.624. The number of carbonyl (C=O) groups is 2. The van der Waals surface area contributed by atoms with E-state index in [1.807, 2.05) is 36.4 Å². The van der Waals surface area contributed by atoms with Crippen LogP contribution in [0.1, 0.15) is 16.8 Å². The molecule has 10 nitrogen and oxygen atoms in total. The molecule has 1 fully saturated rings. The Morgan fingerprint density at radius 2 is 1.56 bits per heavy atom. The van der Waals surface area contributed by atoms with Crippen LogP contribution in [0.3, 0.4) is 0 Å². The molecule has 168 valence electrons. The number of hydrogen-bond acceptors (Lipinski definition) is 6. The number of nitro groups is 1. The average Bonchev–Trinajstić information content (AvgIpc) is 3.44. The van der Waals surface area contributed by atoms with E-state index in [9.17, 15) is 19.7 Å². The van der Waals surface area contributed by atoms with Crippen LogP contribution in [0.5, 0.6) is 0 Å². The first-order valence-electron chi connectivity index (χ1n) is 10.4. The molecule has 34 heavy (non-hydrogen) atoms. The van der Waals surface area contributed by atoms with Crippen LogP contribution in [0.2, 0.25) is 0 Å². The summed E-state index contributed by atoms with van der Waals surface area (Å²) in [4.78, 5) is 38.4. The molecule has 0 saturated carbocycles. The minimum Gasteiger partial charge on any atom is -0.315 e. The average molecular weight is 454 g/mol. The zero-order valence-electron chi connectivity index (χ0n) is 17.7. The summed E-state index contributed by atoms with van der Waals surface area (Å²) in [7, 11) is 0. The van der Waals surface area contributed by atoms with E-state index in [4.69, 9.17) is 0 Å². The Morgan fingerprint density at radius 1 is 0.912 bits per heavy atom. The molecule has 1 aliphatic heterocycles. The highest BCUT2D eigenvalue weighted by Gasteiger charge is 2.53. The van der Waals surface area contributed by atoms with E-state index in [2.05, 4.69) is 15.6 Å². The van der Waals surface area contributed by atoms with Crippen molar-refractivity contribution >= 4 is 17.6 Å². The number of aromatic nitrogens is 3. The summed E-state index contributed by atoms with van der Waals surface area (Å²) in [5.74, 6) is -0.431. The fourth-order valence-corrected chi connectivity index (χ4v) is 4.06. The quantitative estimate of drug-likeness (QED) is 0.271. The molecule has 0 bridgehead atoms. The van der Waals surface area contributed by atoms with Gasteiger partial charge in [-0.3, -0.25) is 19.8 Å². The summed E-state index contributed by atoms with van der Waals surface area (Å²) in [6.07, 6.45) is 1.53. The fraction of sp³-hybridized carbons (Fsp3) is 0.0833. The van der Waals surface area contributed by atoms with Crippen LogP contribution in [0, 0.1) is 10.1 Å². The molecule has 1 aromatic heterocycles. The number of benzene rings is 3. The Kier molecular flexibility index (Phi) is 5.09. The van der Waals surface area contributed by atoms with Gasteiger partial charge in [-0.2, -0.15) is 0 Å². The number of carbonyl (C=O) groups excluding carboxylic acids is 2. The van der Waals surface area contributed by atoms with Gasteiger partial charge in [0.15, 0.2) is 5.54 Å². The SMILES string of the molecule is O=C1NC(c2ccccc2)(c2ccccc2)C(=O)N1Cc1cn(-c2cccc([N+](=O)[O-])c2)nn1. The Morgan fingerprint density at radius 3 is 2.18 bits per heavy atom. The highest BCUT2D eigenvalue weighted by atomic mass is 16.6. The highest BCUT2D eigenvalue weighted by Crippen LogP contribution is 2.36. The minimum atomic E-state index is -1.37. The highest BCUT2D eigenvalue weighted by molar-refractivity contribution is 6.09. The van der Waals surface area contributed by atoms with Crippen LogP contribution in [0.4, 0.5) is 10.5 Å². The van der Waals surface area contributed by atoms with Crippen molar-refractivity contribution in [3.8, 4) is 5.69 Å². The Labute approximate surface area is 193 Å². The lowest BCUT2D eigenvalue weighted by molar-refractivity contribution is -0.384. The number of non-ortho nitro benzene ring substituents is 1. The van der Waals surface area contributed by atoms with Gasteiger partial charge in [-0.25, -0.2) is 9.48 Å². The maximum absolute atomic E-state index is 13.8. The number of nitrogens with one attached hydrogen (secondary N) is 1. The molecule has 0 unspecified atom stereocenters. The molecular formula is C24H18N6O4.